The van der Waals surface area contributed by atoms with Gasteiger partial charge in [0.25, 0.3) is 0 Å². The van der Waals surface area contributed by atoms with E-state index < -0.39 is 0 Å². The Morgan fingerprint density at radius 2 is 0.375 bits per heavy atom. The van der Waals surface area contributed by atoms with E-state index in [0.29, 0.717) is 0 Å². The lowest BCUT2D eigenvalue weighted by Gasteiger charge is -2.12. The van der Waals surface area contributed by atoms with E-state index in [2.05, 4.69) is 271 Å². The van der Waals surface area contributed by atoms with E-state index in [1.165, 1.54) is 39.0 Å². The van der Waals surface area contributed by atoms with Crippen LogP contribution >= 0.6 is 90.7 Å². The van der Waals surface area contributed by atoms with Crippen molar-refractivity contribution in [2.24, 2.45) is 0 Å². The number of fused-ring (bicyclic) bond motifs is 8. The fourth-order valence-electron chi connectivity index (χ4n) is 12.2. The maximum Gasteiger partial charge on any atom is 0.0737 e. The molecule has 0 fully saturated rings. The average Bonchev–Trinajstić information content (AvgIpc) is 2.41. The number of H-pyrrole nitrogens is 2. The summed E-state index contributed by atoms with van der Waals surface area (Å²) in [6, 6.07) is 72.1. The van der Waals surface area contributed by atoms with Crippen molar-refractivity contribution in [3.05, 3.63) is 260 Å². The van der Waals surface area contributed by atoms with Crippen LogP contribution < -0.4 is 0 Å². The maximum atomic E-state index is 5.89. The number of thiophene rings is 8. The van der Waals surface area contributed by atoms with Crippen molar-refractivity contribution in [2.45, 2.75) is 0 Å². The van der Waals surface area contributed by atoms with Gasteiger partial charge in [-0.3, -0.25) is 0 Å². The molecule has 2 aliphatic heterocycles. The summed E-state index contributed by atoms with van der Waals surface area (Å²) in [7, 11) is 0. The van der Waals surface area contributed by atoms with Gasteiger partial charge in [0.2, 0.25) is 0 Å². The van der Waals surface area contributed by atoms with Crippen LogP contribution in [0.1, 0.15) is 22.8 Å². The molecule has 11 aromatic heterocycles. The third-order valence-corrected chi connectivity index (χ3v) is 23.4. The van der Waals surface area contributed by atoms with Gasteiger partial charge in [-0.25, -0.2) is 9.97 Å². The average molecular weight is 1270 g/mol. The second-order valence-electron chi connectivity index (χ2n) is 21.5. The highest BCUT2D eigenvalue weighted by Gasteiger charge is 2.23. The van der Waals surface area contributed by atoms with Crippen LogP contribution in [-0.4, -0.2) is 19.9 Å². The molecule has 0 unspecified atom stereocenters. The highest BCUT2D eigenvalue weighted by atomic mass is 32.1. The predicted octanol–water partition coefficient (Wildman–Crippen LogP) is 25.2. The molecule has 418 valence electrons. The number of aromatic amines is 2. The van der Waals surface area contributed by atoms with E-state index in [-0.39, 0.29) is 0 Å². The highest BCUT2D eigenvalue weighted by Crippen LogP contribution is 2.46. The fourth-order valence-corrected chi connectivity index (χ4v) is 17.9. The molecule has 13 heterocycles. The Balaban J connectivity index is 1.03. The molecule has 17 rings (SSSR count). The van der Waals surface area contributed by atoms with E-state index in [0.717, 1.165) is 134 Å². The van der Waals surface area contributed by atoms with Gasteiger partial charge in [-0.15, -0.1) is 90.7 Å². The van der Waals surface area contributed by atoms with Gasteiger partial charge < -0.3 is 9.97 Å². The van der Waals surface area contributed by atoms with Crippen molar-refractivity contribution in [1.29, 1.82) is 0 Å². The molecule has 0 spiro atoms. The molecule has 0 saturated heterocycles. The Morgan fingerprint density at radius 1 is 0.205 bits per heavy atom. The topological polar surface area (TPSA) is 57.4 Å². The molecule has 0 saturated carbocycles. The van der Waals surface area contributed by atoms with E-state index in [4.69, 9.17) is 9.97 Å². The molecule has 0 aliphatic carbocycles. The Kier molecular flexibility index (Phi) is 13.7. The normalized spacial score (nSPS) is 12.0. The van der Waals surface area contributed by atoms with Crippen molar-refractivity contribution in [2.75, 3.05) is 0 Å². The third-order valence-electron chi connectivity index (χ3n) is 16.1. The predicted molar refractivity (Wildman–Crippen MR) is 387 cm³/mol. The lowest BCUT2D eigenvalue weighted by molar-refractivity contribution is 1.31. The molecule has 15 aromatic rings. The smallest absolute Gasteiger partial charge is 0.0737 e. The van der Waals surface area contributed by atoms with Gasteiger partial charge in [0, 0.05) is 83.3 Å². The van der Waals surface area contributed by atoms with Crippen LogP contribution in [-0.2, 0) is 0 Å². The highest BCUT2D eigenvalue weighted by molar-refractivity contribution is 7.15. The SMILES string of the molecule is C1=Cc2nc1c(-c1cc(-c3cccs3)cc(-c3cccs3)c1)c1ccc([nH]1)c(-c1cc(-c3cccs3)cc(-c3cccs3)c1)c1nc(c(-c3cc(-c4cccs4)cc(-c4cccs4)c3)c3ccc([nH]3)c2-c2cc(-c3cccs3)cc(-c3cccs3)c2)C=C1. The van der Waals surface area contributed by atoms with E-state index in [1.54, 1.807) is 90.7 Å². The monoisotopic (exact) mass is 1270 g/mol. The first-order chi connectivity index (χ1) is 43.5. The molecule has 88 heavy (non-hydrogen) atoms. The number of aromatic nitrogens is 4. The molecule has 4 nitrogen and oxygen atoms in total. The largest absolute Gasteiger partial charge is 0.354 e. The van der Waals surface area contributed by atoms with Crippen LogP contribution in [0.3, 0.4) is 0 Å². The maximum absolute atomic E-state index is 5.89. The second-order valence-corrected chi connectivity index (χ2v) is 29.1. The van der Waals surface area contributed by atoms with Crippen LogP contribution in [0, 0.1) is 0 Å². The number of hydrogen-bond acceptors (Lipinski definition) is 10. The van der Waals surface area contributed by atoms with Gasteiger partial charge in [0.05, 0.1) is 22.8 Å². The van der Waals surface area contributed by atoms with Crippen LogP contribution in [0.25, 0.3) is 174 Å². The van der Waals surface area contributed by atoms with Crippen LogP contribution in [0.4, 0.5) is 0 Å². The number of benzene rings is 4. The number of nitrogens with zero attached hydrogens (tertiary/aromatic N) is 2. The van der Waals surface area contributed by atoms with Gasteiger partial charge in [-0.1, -0.05) is 48.5 Å². The summed E-state index contributed by atoms with van der Waals surface area (Å²) in [6.45, 7) is 0. The molecule has 8 bridgehead atoms. The van der Waals surface area contributed by atoms with Gasteiger partial charge in [-0.2, -0.15) is 0 Å². The van der Waals surface area contributed by atoms with Crippen molar-refractivity contribution in [1.82, 2.24) is 19.9 Å². The summed E-state index contributed by atoms with van der Waals surface area (Å²) in [5.41, 5.74) is 24.8. The number of hydrogen-bond donors (Lipinski definition) is 2. The molecule has 0 amide bonds. The molecule has 0 atom stereocenters. The van der Waals surface area contributed by atoms with Gasteiger partial charge in [0.15, 0.2) is 0 Å². The third kappa shape index (κ3) is 10.0. The van der Waals surface area contributed by atoms with E-state index in [9.17, 15) is 0 Å². The molecule has 2 N–H and O–H groups in total. The summed E-state index contributed by atoms with van der Waals surface area (Å²) in [4.78, 5) is 29.7. The first-order valence-electron chi connectivity index (χ1n) is 28.6. The van der Waals surface area contributed by atoms with Crippen molar-refractivity contribution >= 4 is 137 Å². The van der Waals surface area contributed by atoms with Crippen LogP contribution in [0.15, 0.2) is 237 Å². The molecule has 2 aliphatic rings. The van der Waals surface area contributed by atoms with E-state index in [1.807, 2.05) is 0 Å². The molecule has 12 heteroatoms. The summed E-state index contributed by atoms with van der Waals surface area (Å²) in [5.74, 6) is 0. The zero-order chi connectivity index (χ0) is 58.1. The Hall–Kier alpha value is -8.92. The van der Waals surface area contributed by atoms with Crippen LogP contribution in [0.5, 0.6) is 0 Å². The minimum atomic E-state index is 0.863. The summed E-state index contributed by atoms with van der Waals surface area (Å²) < 4.78 is 0. The van der Waals surface area contributed by atoms with Gasteiger partial charge >= 0.3 is 0 Å². The lowest BCUT2D eigenvalue weighted by Crippen LogP contribution is -1.92. The Bertz CT molecular complexity index is 4420. The number of nitrogens with one attached hydrogen (secondary N) is 2. The Morgan fingerprint density at radius 3 is 0.534 bits per heavy atom. The lowest BCUT2D eigenvalue weighted by atomic mass is 9.97. The minimum absolute atomic E-state index is 0.863. The molecule has 4 aromatic carbocycles. The van der Waals surface area contributed by atoms with Crippen molar-refractivity contribution < 1.29 is 0 Å². The van der Waals surface area contributed by atoms with Crippen molar-refractivity contribution in [3.8, 4) is 128 Å². The van der Waals surface area contributed by atoms with Crippen molar-refractivity contribution in [3.63, 3.8) is 0 Å². The summed E-state index contributed by atoms with van der Waals surface area (Å²) >= 11 is 14.1. The first-order valence-corrected chi connectivity index (χ1v) is 35.7. The molecule has 0 radical (unpaired) electrons. The first kappa shape index (κ1) is 53.3. The molecular weight excluding hydrogens is 1230 g/mol. The minimum Gasteiger partial charge on any atom is -0.354 e. The fraction of sp³-hybridized carbons (Fsp3) is 0. The standard InChI is InChI=1S/C76H46N4S8/c1-9-65(81-25-1)45-33-46(66-10-2-26-82-66)38-53(37-45)73-57-17-19-59(77-57)74(54-39-47(67-11-3-27-83-67)34-48(40-54)68-12-4-28-84-68)61-21-23-63(79-61)76(56-43-51(71-15-7-31-87-71)36-52(44-56)72-16-8-32-88-72)64-24-22-62(80-64)75(60-20-18-58(73)78-60)55-41-49(69-13-5-29-85-69)35-50(42-55)70-14-6-30-86-70/h1-44,77,80H. The van der Waals surface area contributed by atoms with Gasteiger partial charge in [0.1, 0.15) is 0 Å². The van der Waals surface area contributed by atoms with E-state index >= 15 is 0 Å². The zero-order valence-electron chi connectivity index (χ0n) is 46.6. The van der Waals surface area contributed by atoms with Gasteiger partial charge in [-0.05, 0) is 280 Å². The second kappa shape index (κ2) is 22.7. The summed E-state index contributed by atoms with van der Waals surface area (Å²) in [6.07, 6.45) is 8.91. The summed E-state index contributed by atoms with van der Waals surface area (Å²) in [5, 5.41) is 17.3. The van der Waals surface area contributed by atoms with Crippen LogP contribution in [0.2, 0.25) is 0 Å². The quantitative estimate of drug-likeness (QED) is 0.128. The Labute approximate surface area is 540 Å². The molecular formula is C76H46N4S8. The zero-order valence-corrected chi connectivity index (χ0v) is 53.1. The number of rotatable bonds is 12.